The summed E-state index contributed by atoms with van der Waals surface area (Å²) < 4.78 is 13.0. The number of rotatable bonds is 4. The SMILES string of the molecule is Cc1cc(F)cc(NCC(C)C(N)=O)c1. The zero-order chi connectivity index (χ0) is 11.4. The number of primary amides is 1. The van der Waals surface area contributed by atoms with Gasteiger partial charge in [-0.05, 0) is 30.7 Å². The van der Waals surface area contributed by atoms with Crippen molar-refractivity contribution < 1.29 is 9.18 Å². The van der Waals surface area contributed by atoms with Crippen molar-refractivity contribution in [1.82, 2.24) is 0 Å². The first-order valence-corrected chi connectivity index (χ1v) is 4.79. The summed E-state index contributed by atoms with van der Waals surface area (Å²) in [6.45, 7) is 3.95. The van der Waals surface area contributed by atoms with Crippen molar-refractivity contribution in [2.24, 2.45) is 11.7 Å². The van der Waals surface area contributed by atoms with Crippen LogP contribution in [0.2, 0.25) is 0 Å². The Balaban J connectivity index is 2.61. The molecule has 4 heteroatoms. The number of nitrogens with two attached hydrogens (primary N) is 1. The highest BCUT2D eigenvalue weighted by atomic mass is 19.1. The molecule has 0 spiro atoms. The fraction of sp³-hybridized carbons (Fsp3) is 0.364. The topological polar surface area (TPSA) is 55.1 Å². The van der Waals surface area contributed by atoms with Crippen LogP contribution in [0.25, 0.3) is 0 Å². The number of carbonyl (C=O) groups excluding carboxylic acids is 1. The molecule has 1 unspecified atom stereocenters. The first kappa shape index (κ1) is 11.5. The van der Waals surface area contributed by atoms with Gasteiger partial charge in [-0.15, -0.1) is 0 Å². The van der Waals surface area contributed by atoms with Crippen molar-refractivity contribution in [3.05, 3.63) is 29.6 Å². The third-order valence-electron chi connectivity index (χ3n) is 2.14. The monoisotopic (exact) mass is 210 g/mol. The molecule has 15 heavy (non-hydrogen) atoms. The van der Waals surface area contributed by atoms with Gasteiger partial charge in [0.05, 0.1) is 5.92 Å². The maximum Gasteiger partial charge on any atom is 0.222 e. The number of amides is 1. The number of carbonyl (C=O) groups is 1. The van der Waals surface area contributed by atoms with Gasteiger partial charge < -0.3 is 11.1 Å². The predicted octanol–water partition coefficient (Wildman–Crippen LogP) is 1.67. The van der Waals surface area contributed by atoms with Gasteiger partial charge in [0.25, 0.3) is 0 Å². The average molecular weight is 210 g/mol. The molecule has 1 amide bonds. The Morgan fingerprint density at radius 2 is 2.20 bits per heavy atom. The van der Waals surface area contributed by atoms with Crippen LogP contribution in [0, 0.1) is 18.7 Å². The van der Waals surface area contributed by atoms with Gasteiger partial charge in [0.2, 0.25) is 5.91 Å². The van der Waals surface area contributed by atoms with Crippen molar-refractivity contribution in [2.45, 2.75) is 13.8 Å². The Morgan fingerprint density at radius 1 is 1.53 bits per heavy atom. The third kappa shape index (κ3) is 3.58. The van der Waals surface area contributed by atoms with Crippen LogP contribution in [0.3, 0.4) is 0 Å². The van der Waals surface area contributed by atoms with E-state index >= 15 is 0 Å². The van der Waals surface area contributed by atoms with Gasteiger partial charge in [-0.3, -0.25) is 4.79 Å². The van der Waals surface area contributed by atoms with E-state index in [0.29, 0.717) is 12.2 Å². The van der Waals surface area contributed by atoms with Crippen LogP contribution in [0.15, 0.2) is 18.2 Å². The quantitative estimate of drug-likeness (QED) is 0.794. The minimum absolute atomic E-state index is 0.270. The van der Waals surface area contributed by atoms with Crippen molar-refractivity contribution in [2.75, 3.05) is 11.9 Å². The normalized spacial score (nSPS) is 12.2. The summed E-state index contributed by atoms with van der Waals surface area (Å²) in [7, 11) is 0. The molecular formula is C11H15FN2O. The van der Waals surface area contributed by atoms with E-state index < -0.39 is 0 Å². The second-order valence-electron chi connectivity index (χ2n) is 3.70. The molecule has 0 aliphatic carbocycles. The van der Waals surface area contributed by atoms with Gasteiger partial charge in [0.1, 0.15) is 5.82 Å². The van der Waals surface area contributed by atoms with Crippen molar-refractivity contribution in [1.29, 1.82) is 0 Å². The lowest BCUT2D eigenvalue weighted by molar-refractivity contribution is -0.120. The molecule has 1 aromatic rings. The zero-order valence-corrected chi connectivity index (χ0v) is 8.88. The maximum atomic E-state index is 13.0. The van der Waals surface area contributed by atoms with Crippen molar-refractivity contribution in [3.8, 4) is 0 Å². The van der Waals surface area contributed by atoms with E-state index in [4.69, 9.17) is 5.73 Å². The molecule has 82 valence electrons. The van der Waals surface area contributed by atoms with Crippen molar-refractivity contribution >= 4 is 11.6 Å². The summed E-state index contributed by atoms with van der Waals surface area (Å²) in [5.74, 6) is -0.923. The lowest BCUT2D eigenvalue weighted by Gasteiger charge is -2.10. The second-order valence-corrected chi connectivity index (χ2v) is 3.70. The predicted molar refractivity (Wildman–Crippen MR) is 58.0 cm³/mol. The number of nitrogens with one attached hydrogen (secondary N) is 1. The summed E-state index contributed by atoms with van der Waals surface area (Å²) in [6.07, 6.45) is 0. The van der Waals surface area contributed by atoms with E-state index in [9.17, 15) is 9.18 Å². The summed E-state index contributed by atoms with van der Waals surface area (Å²) in [5.41, 5.74) is 6.61. The van der Waals surface area contributed by atoms with E-state index in [1.807, 2.05) is 13.0 Å². The molecule has 3 N–H and O–H groups in total. The third-order valence-corrected chi connectivity index (χ3v) is 2.14. The van der Waals surface area contributed by atoms with Gasteiger partial charge in [-0.25, -0.2) is 4.39 Å². The average Bonchev–Trinajstić information content (AvgIpc) is 2.12. The zero-order valence-electron chi connectivity index (χ0n) is 8.88. The van der Waals surface area contributed by atoms with Crippen LogP contribution in [0.4, 0.5) is 10.1 Å². The summed E-state index contributed by atoms with van der Waals surface area (Å²) in [5, 5.41) is 2.97. The molecule has 3 nitrogen and oxygen atoms in total. The molecular weight excluding hydrogens is 195 g/mol. The summed E-state index contributed by atoms with van der Waals surface area (Å²) >= 11 is 0. The van der Waals surface area contributed by atoms with Crippen LogP contribution in [-0.4, -0.2) is 12.5 Å². The van der Waals surface area contributed by atoms with Gasteiger partial charge in [-0.2, -0.15) is 0 Å². The maximum absolute atomic E-state index is 13.0. The van der Waals surface area contributed by atoms with Crippen LogP contribution >= 0.6 is 0 Å². The molecule has 0 aromatic heterocycles. The van der Waals surface area contributed by atoms with E-state index in [0.717, 1.165) is 5.56 Å². The molecule has 0 aliphatic rings. The fourth-order valence-corrected chi connectivity index (χ4v) is 1.21. The van der Waals surface area contributed by atoms with E-state index in [-0.39, 0.29) is 17.6 Å². The number of benzene rings is 1. The van der Waals surface area contributed by atoms with E-state index in [1.54, 1.807) is 6.92 Å². The van der Waals surface area contributed by atoms with Crippen LogP contribution in [-0.2, 0) is 4.79 Å². The van der Waals surface area contributed by atoms with Gasteiger partial charge in [-0.1, -0.05) is 6.92 Å². The van der Waals surface area contributed by atoms with E-state index in [2.05, 4.69) is 5.32 Å². The fourth-order valence-electron chi connectivity index (χ4n) is 1.21. The molecule has 0 saturated carbocycles. The Labute approximate surface area is 88.5 Å². The lowest BCUT2D eigenvalue weighted by Crippen LogP contribution is -2.26. The van der Waals surface area contributed by atoms with Gasteiger partial charge in [0.15, 0.2) is 0 Å². The van der Waals surface area contributed by atoms with E-state index in [1.165, 1.54) is 12.1 Å². The Bertz CT molecular complexity index is 345. The molecule has 0 radical (unpaired) electrons. The Hall–Kier alpha value is -1.58. The first-order valence-electron chi connectivity index (χ1n) is 4.79. The highest BCUT2D eigenvalue weighted by molar-refractivity contribution is 5.76. The smallest absolute Gasteiger partial charge is 0.222 e. The summed E-state index contributed by atoms with van der Waals surface area (Å²) in [4.78, 5) is 10.8. The molecule has 0 fully saturated rings. The largest absolute Gasteiger partial charge is 0.384 e. The minimum atomic E-state index is -0.365. The highest BCUT2D eigenvalue weighted by Crippen LogP contribution is 2.13. The Morgan fingerprint density at radius 3 is 2.73 bits per heavy atom. The van der Waals surface area contributed by atoms with Crippen LogP contribution < -0.4 is 11.1 Å². The van der Waals surface area contributed by atoms with Crippen LogP contribution in [0.1, 0.15) is 12.5 Å². The number of anilines is 1. The van der Waals surface area contributed by atoms with Crippen molar-refractivity contribution in [3.63, 3.8) is 0 Å². The lowest BCUT2D eigenvalue weighted by atomic mass is 10.1. The molecule has 1 aromatic carbocycles. The Kier molecular flexibility index (Phi) is 3.66. The number of halogens is 1. The first-order chi connectivity index (χ1) is 6.99. The summed E-state index contributed by atoms with van der Waals surface area (Å²) in [6, 6.07) is 4.65. The molecule has 0 heterocycles. The number of hydrogen-bond donors (Lipinski definition) is 2. The van der Waals surface area contributed by atoms with Gasteiger partial charge >= 0.3 is 0 Å². The molecule has 0 saturated heterocycles. The second kappa shape index (κ2) is 4.77. The standard InChI is InChI=1S/C11H15FN2O/c1-7-3-9(12)5-10(4-7)14-6-8(2)11(13)15/h3-5,8,14H,6H2,1-2H3,(H2,13,15). The number of aryl methyl sites for hydroxylation is 1. The molecule has 1 rings (SSSR count). The highest BCUT2D eigenvalue weighted by Gasteiger charge is 2.08. The molecule has 0 aliphatic heterocycles. The molecule has 0 bridgehead atoms. The number of hydrogen-bond acceptors (Lipinski definition) is 2. The molecule has 1 atom stereocenters. The van der Waals surface area contributed by atoms with Crippen LogP contribution in [0.5, 0.6) is 0 Å². The van der Waals surface area contributed by atoms with Gasteiger partial charge in [0, 0.05) is 12.2 Å². The minimum Gasteiger partial charge on any atom is -0.384 e.